The van der Waals surface area contributed by atoms with Gasteiger partial charge in [-0.2, -0.15) is 0 Å². The Kier molecular flexibility index (Phi) is 4.22. The maximum atomic E-state index is 6.00. The topological polar surface area (TPSA) is 15.3 Å². The highest BCUT2D eigenvalue weighted by Gasteiger charge is 2.16. The van der Waals surface area contributed by atoms with Crippen LogP contribution in [0.3, 0.4) is 0 Å². The molecule has 1 atom stereocenters. The van der Waals surface area contributed by atoms with E-state index in [-0.39, 0.29) is 0 Å². The normalized spacial score (nSPS) is 23.0. The minimum absolute atomic E-state index is 0.599. The third kappa shape index (κ3) is 3.21. The molecule has 1 aromatic carbocycles. The van der Waals surface area contributed by atoms with E-state index < -0.39 is 0 Å². The Morgan fingerprint density at radius 1 is 1.50 bits per heavy atom. The molecule has 0 radical (unpaired) electrons. The van der Waals surface area contributed by atoms with E-state index in [2.05, 4.69) is 29.3 Å². The van der Waals surface area contributed by atoms with Gasteiger partial charge in [-0.25, -0.2) is 0 Å². The van der Waals surface area contributed by atoms with E-state index >= 15 is 0 Å². The van der Waals surface area contributed by atoms with Crippen molar-refractivity contribution in [2.24, 2.45) is 0 Å². The van der Waals surface area contributed by atoms with E-state index in [1.54, 1.807) is 0 Å². The Bertz CT molecular complexity index is 340. The van der Waals surface area contributed by atoms with Crippen molar-refractivity contribution in [2.45, 2.75) is 25.9 Å². The maximum absolute atomic E-state index is 6.00. The Labute approximate surface area is 103 Å². The first-order valence-electron chi connectivity index (χ1n) is 5.95. The van der Waals surface area contributed by atoms with Gasteiger partial charge in [0.05, 0.1) is 0 Å². The number of rotatable bonds is 2. The number of nitrogens with zero attached hydrogens (tertiary/aromatic N) is 1. The Morgan fingerprint density at radius 2 is 2.38 bits per heavy atom. The monoisotopic (exact) mass is 238 g/mol. The predicted molar refractivity (Wildman–Crippen MR) is 68.8 cm³/mol. The standard InChI is InChI=1S/C13H19ClN2/c1-11-9-15-6-3-7-16(11)10-12-4-2-5-13(14)8-12/h2,4-5,8,11,15H,3,6-7,9-10H2,1H3. The van der Waals surface area contributed by atoms with Gasteiger partial charge in [0.25, 0.3) is 0 Å². The molecule has 1 fully saturated rings. The van der Waals surface area contributed by atoms with Crippen molar-refractivity contribution in [3.05, 3.63) is 34.9 Å². The second-order valence-corrected chi connectivity index (χ2v) is 4.94. The molecule has 2 rings (SSSR count). The fraction of sp³-hybridized carbons (Fsp3) is 0.538. The summed E-state index contributed by atoms with van der Waals surface area (Å²) in [7, 11) is 0. The summed E-state index contributed by atoms with van der Waals surface area (Å²) in [6.45, 7) is 6.67. The SMILES string of the molecule is CC1CNCCCN1Cc1cccc(Cl)c1. The highest BCUT2D eigenvalue weighted by molar-refractivity contribution is 6.30. The summed E-state index contributed by atoms with van der Waals surface area (Å²) in [6.07, 6.45) is 1.23. The predicted octanol–water partition coefficient (Wildman–Crippen LogP) is 2.52. The molecular formula is C13H19ClN2. The van der Waals surface area contributed by atoms with E-state index in [4.69, 9.17) is 11.6 Å². The molecule has 0 aromatic heterocycles. The number of benzene rings is 1. The van der Waals surface area contributed by atoms with Gasteiger partial charge >= 0.3 is 0 Å². The lowest BCUT2D eigenvalue weighted by molar-refractivity contribution is 0.214. The Morgan fingerprint density at radius 3 is 3.19 bits per heavy atom. The van der Waals surface area contributed by atoms with Crippen molar-refractivity contribution in [3.8, 4) is 0 Å². The molecule has 1 heterocycles. The van der Waals surface area contributed by atoms with Crippen molar-refractivity contribution in [3.63, 3.8) is 0 Å². The van der Waals surface area contributed by atoms with Crippen LogP contribution in [0, 0.1) is 0 Å². The Hall–Kier alpha value is -0.570. The zero-order chi connectivity index (χ0) is 11.4. The third-order valence-electron chi connectivity index (χ3n) is 3.14. The smallest absolute Gasteiger partial charge is 0.0409 e. The summed E-state index contributed by atoms with van der Waals surface area (Å²) in [5.74, 6) is 0. The van der Waals surface area contributed by atoms with Crippen molar-refractivity contribution < 1.29 is 0 Å². The minimum Gasteiger partial charge on any atom is -0.315 e. The van der Waals surface area contributed by atoms with E-state index in [1.165, 1.54) is 18.5 Å². The molecule has 0 saturated carbocycles. The fourth-order valence-corrected chi connectivity index (χ4v) is 2.39. The highest BCUT2D eigenvalue weighted by Crippen LogP contribution is 2.15. The average Bonchev–Trinajstić information content (AvgIpc) is 2.45. The van der Waals surface area contributed by atoms with Gasteiger partial charge in [-0.3, -0.25) is 4.90 Å². The second-order valence-electron chi connectivity index (χ2n) is 4.51. The quantitative estimate of drug-likeness (QED) is 0.852. The van der Waals surface area contributed by atoms with Crippen LogP contribution in [0.4, 0.5) is 0 Å². The number of hydrogen-bond donors (Lipinski definition) is 1. The van der Waals surface area contributed by atoms with Gasteiger partial charge in [-0.05, 0) is 37.6 Å². The summed E-state index contributed by atoms with van der Waals surface area (Å²) in [5, 5.41) is 4.29. The van der Waals surface area contributed by atoms with Gasteiger partial charge < -0.3 is 5.32 Å². The summed E-state index contributed by atoms with van der Waals surface area (Å²) >= 11 is 6.00. The summed E-state index contributed by atoms with van der Waals surface area (Å²) in [5.41, 5.74) is 1.31. The molecular weight excluding hydrogens is 220 g/mol. The minimum atomic E-state index is 0.599. The fourth-order valence-electron chi connectivity index (χ4n) is 2.17. The zero-order valence-electron chi connectivity index (χ0n) is 9.75. The maximum Gasteiger partial charge on any atom is 0.0409 e. The lowest BCUT2D eigenvalue weighted by atomic mass is 10.2. The molecule has 1 saturated heterocycles. The average molecular weight is 239 g/mol. The van der Waals surface area contributed by atoms with E-state index in [0.29, 0.717) is 6.04 Å². The van der Waals surface area contributed by atoms with Gasteiger partial charge in [0.1, 0.15) is 0 Å². The molecule has 0 spiro atoms. The molecule has 0 aliphatic carbocycles. The molecule has 1 aliphatic rings. The second kappa shape index (κ2) is 5.67. The highest BCUT2D eigenvalue weighted by atomic mass is 35.5. The van der Waals surface area contributed by atoms with Crippen LogP contribution < -0.4 is 5.32 Å². The van der Waals surface area contributed by atoms with Crippen LogP contribution in [0.15, 0.2) is 24.3 Å². The van der Waals surface area contributed by atoms with E-state index in [0.717, 1.165) is 24.7 Å². The van der Waals surface area contributed by atoms with Crippen molar-refractivity contribution in [1.82, 2.24) is 10.2 Å². The summed E-state index contributed by atoms with van der Waals surface area (Å²) in [4.78, 5) is 2.52. The largest absolute Gasteiger partial charge is 0.315 e. The van der Waals surface area contributed by atoms with Crippen LogP contribution in [0.5, 0.6) is 0 Å². The lowest BCUT2D eigenvalue weighted by Gasteiger charge is -2.26. The molecule has 1 N–H and O–H groups in total. The molecule has 3 heteroatoms. The molecule has 0 amide bonds. The lowest BCUT2D eigenvalue weighted by Crippen LogP contribution is -2.36. The number of hydrogen-bond acceptors (Lipinski definition) is 2. The molecule has 1 aliphatic heterocycles. The van der Waals surface area contributed by atoms with Crippen LogP contribution >= 0.6 is 11.6 Å². The van der Waals surface area contributed by atoms with Gasteiger partial charge in [0, 0.05) is 30.7 Å². The first-order valence-corrected chi connectivity index (χ1v) is 6.33. The zero-order valence-corrected chi connectivity index (χ0v) is 10.5. The van der Waals surface area contributed by atoms with Gasteiger partial charge in [-0.15, -0.1) is 0 Å². The van der Waals surface area contributed by atoms with Crippen LogP contribution in [-0.4, -0.2) is 30.6 Å². The molecule has 0 bridgehead atoms. The van der Waals surface area contributed by atoms with E-state index in [9.17, 15) is 0 Å². The molecule has 16 heavy (non-hydrogen) atoms. The van der Waals surface area contributed by atoms with Crippen molar-refractivity contribution in [1.29, 1.82) is 0 Å². The van der Waals surface area contributed by atoms with Crippen LogP contribution in [0.25, 0.3) is 0 Å². The van der Waals surface area contributed by atoms with Crippen LogP contribution in [0.1, 0.15) is 18.9 Å². The van der Waals surface area contributed by atoms with Crippen molar-refractivity contribution >= 4 is 11.6 Å². The molecule has 1 aromatic rings. The first-order chi connectivity index (χ1) is 7.75. The summed E-state index contributed by atoms with van der Waals surface area (Å²) in [6, 6.07) is 8.77. The first kappa shape index (κ1) is 11.9. The Balaban J connectivity index is 2.02. The molecule has 88 valence electrons. The van der Waals surface area contributed by atoms with Crippen LogP contribution in [-0.2, 0) is 6.54 Å². The van der Waals surface area contributed by atoms with Gasteiger partial charge in [-0.1, -0.05) is 23.7 Å². The number of nitrogens with one attached hydrogen (secondary N) is 1. The third-order valence-corrected chi connectivity index (χ3v) is 3.37. The summed E-state index contributed by atoms with van der Waals surface area (Å²) < 4.78 is 0. The molecule has 1 unspecified atom stereocenters. The van der Waals surface area contributed by atoms with Gasteiger partial charge in [0.15, 0.2) is 0 Å². The van der Waals surface area contributed by atoms with Gasteiger partial charge in [0.2, 0.25) is 0 Å². The van der Waals surface area contributed by atoms with Crippen molar-refractivity contribution in [2.75, 3.05) is 19.6 Å². The molecule has 2 nitrogen and oxygen atoms in total. The van der Waals surface area contributed by atoms with E-state index in [1.807, 2.05) is 12.1 Å². The number of halogens is 1. The van der Waals surface area contributed by atoms with Crippen LogP contribution in [0.2, 0.25) is 5.02 Å².